The molecule has 140 valence electrons. The van der Waals surface area contributed by atoms with Crippen molar-refractivity contribution >= 4 is 27.3 Å². The average Bonchev–Trinajstić information content (AvgIpc) is 2.54. The number of primary sulfonamides is 1. The third-order valence-electron chi connectivity index (χ3n) is 3.98. The first kappa shape index (κ1) is 19.9. The number of carbonyl (C=O) groups excluding carboxylic acids is 1. The minimum Gasteiger partial charge on any atom is -0.374 e. The first-order valence-corrected chi connectivity index (χ1v) is 9.82. The van der Waals surface area contributed by atoms with E-state index in [1.54, 1.807) is 6.92 Å². The van der Waals surface area contributed by atoms with Gasteiger partial charge in [0.05, 0.1) is 4.90 Å². The van der Waals surface area contributed by atoms with Gasteiger partial charge in [-0.1, -0.05) is 32.9 Å². The van der Waals surface area contributed by atoms with Gasteiger partial charge in [0.1, 0.15) is 6.04 Å². The summed E-state index contributed by atoms with van der Waals surface area (Å²) in [5.74, 6) is -0.228. The molecule has 0 aliphatic heterocycles. The Kier molecular flexibility index (Phi) is 5.73. The fraction of sp³-hybridized carbons (Fsp3) is 0.316. The smallest absolute Gasteiger partial charge is 0.246 e. The monoisotopic (exact) mass is 375 g/mol. The highest BCUT2D eigenvalue weighted by molar-refractivity contribution is 7.89. The molecule has 4 N–H and O–H groups in total. The van der Waals surface area contributed by atoms with Crippen LogP contribution in [-0.2, 0) is 20.2 Å². The Bertz CT molecular complexity index is 868. The molecule has 0 spiro atoms. The molecule has 0 unspecified atom stereocenters. The van der Waals surface area contributed by atoms with Crippen LogP contribution in [0.4, 0.5) is 11.4 Å². The summed E-state index contributed by atoms with van der Waals surface area (Å²) in [5, 5.41) is 10.9. The molecule has 6 nitrogen and oxygen atoms in total. The van der Waals surface area contributed by atoms with Gasteiger partial charge in [0.25, 0.3) is 0 Å². The highest BCUT2D eigenvalue weighted by Crippen LogP contribution is 2.23. The summed E-state index contributed by atoms with van der Waals surface area (Å²) in [4.78, 5) is 12.3. The summed E-state index contributed by atoms with van der Waals surface area (Å²) in [6.45, 7) is 8.19. The van der Waals surface area contributed by atoms with Crippen molar-refractivity contribution in [2.75, 3.05) is 10.6 Å². The molecular weight excluding hydrogens is 350 g/mol. The van der Waals surface area contributed by atoms with E-state index in [1.165, 1.54) is 29.8 Å². The first-order chi connectivity index (χ1) is 12.0. The van der Waals surface area contributed by atoms with Gasteiger partial charge in [0.2, 0.25) is 15.9 Å². The topological polar surface area (TPSA) is 101 Å². The number of hydrogen-bond acceptors (Lipinski definition) is 4. The van der Waals surface area contributed by atoms with Crippen molar-refractivity contribution in [2.24, 2.45) is 5.14 Å². The number of nitrogens with one attached hydrogen (secondary N) is 2. The van der Waals surface area contributed by atoms with E-state index in [1.807, 2.05) is 24.3 Å². The lowest BCUT2D eigenvalue weighted by Gasteiger charge is -2.20. The van der Waals surface area contributed by atoms with Crippen LogP contribution in [0.3, 0.4) is 0 Å². The Hall–Kier alpha value is -2.38. The molecule has 2 rings (SSSR count). The fourth-order valence-corrected chi connectivity index (χ4v) is 2.88. The number of rotatable bonds is 5. The van der Waals surface area contributed by atoms with Crippen molar-refractivity contribution in [2.45, 2.75) is 44.0 Å². The lowest BCUT2D eigenvalue weighted by molar-refractivity contribution is -0.116. The molecular formula is C19H25N3O3S. The zero-order valence-corrected chi connectivity index (χ0v) is 16.2. The van der Waals surface area contributed by atoms with E-state index >= 15 is 0 Å². The van der Waals surface area contributed by atoms with E-state index < -0.39 is 16.1 Å². The number of nitrogens with two attached hydrogens (primary N) is 1. The van der Waals surface area contributed by atoms with Gasteiger partial charge >= 0.3 is 0 Å². The normalized spacial score (nSPS) is 13.1. The Morgan fingerprint density at radius 3 is 1.92 bits per heavy atom. The highest BCUT2D eigenvalue weighted by atomic mass is 32.2. The summed E-state index contributed by atoms with van der Waals surface area (Å²) >= 11 is 0. The van der Waals surface area contributed by atoms with E-state index in [2.05, 4.69) is 31.4 Å². The van der Waals surface area contributed by atoms with Gasteiger partial charge in [-0.05, 0) is 54.3 Å². The molecule has 1 amide bonds. The van der Waals surface area contributed by atoms with E-state index in [0.29, 0.717) is 5.69 Å². The Balaban J connectivity index is 1.99. The highest BCUT2D eigenvalue weighted by Gasteiger charge is 2.16. The van der Waals surface area contributed by atoms with Crippen molar-refractivity contribution in [3.63, 3.8) is 0 Å². The predicted molar refractivity (Wildman–Crippen MR) is 105 cm³/mol. The molecule has 0 fully saturated rings. The summed E-state index contributed by atoms with van der Waals surface area (Å²) < 4.78 is 22.5. The maximum atomic E-state index is 12.3. The molecule has 0 saturated heterocycles. The van der Waals surface area contributed by atoms with Crippen LogP contribution in [0.5, 0.6) is 0 Å². The first-order valence-electron chi connectivity index (χ1n) is 8.27. The van der Waals surface area contributed by atoms with Gasteiger partial charge in [-0.2, -0.15) is 0 Å². The van der Waals surface area contributed by atoms with Crippen molar-refractivity contribution < 1.29 is 13.2 Å². The number of hydrogen-bond donors (Lipinski definition) is 3. The lowest BCUT2D eigenvalue weighted by Crippen LogP contribution is -2.31. The number of sulfonamides is 1. The van der Waals surface area contributed by atoms with Gasteiger partial charge in [0, 0.05) is 11.4 Å². The Labute approximate surface area is 154 Å². The van der Waals surface area contributed by atoms with Crippen molar-refractivity contribution in [3.8, 4) is 0 Å². The molecule has 0 aliphatic carbocycles. The van der Waals surface area contributed by atoms with Gasteiger partial charge in [0.15, 0.2) is 0 Å². The van der Waals surface area contributed by atoms with Crippen LogP contribution in [0.15, 0.2) is 53.4 Å². The molecule has 0 heterocycles. The quantitative estimate of drug-likeness (QED) is 0.747. The van der Waals surface area contributed by atoms with E-state index in [4.69, 9.17) is 5.14 Å². The lowest BCUT2D eigenvalue weighted by atomic mass is 9.87. The summed E-state index contributed by atoms with van der Waals surface area (Å²) in [5.41, 5.74) is 2.64. The second-order valence-electron chi connectivity index (χ2n) is 7.25. The van der Waals surface area contributed by atoms with E-state index in [9.17, 15) is 13.2 Å². The summed E-state index contributed by atoms with van der Waals surface area (Å²) in [6, 6.07) is 13.2. The predicted octanol–water partition coefficient (Wildman–Crippen LogP) is 3.07. The average molecular weight is 375 g/mol. The van der Waals surface area contributed by atoms with Crippen LogP contribution in [0.25, 0.3) is 0 Å². The molecule has 0 bridgehead atoms. The van der Waals surface area contributed by atoms with Gasteiger partial charge in [-0.15, -0.1) is 0 Å². The molecule has 0 radical (unpaired) electrons. The molecule has 0 aliphatic rings. The number of benzene rings is 2. The van der Waals surface area contributed by atoms with Crippen LogP contribution in [-0.4, -0.2) is 20.4 Å². The summed E-state index contributed by atoms with van der Waals surface area (Å²) in [6.07, 6.45) is 0. The minimum absolute atomic E-state index is 0.000565. The van der Waals surface area contributed by atoms with Gasteiger partial charge in [-0.3, -0.25) is 4.79 Å². The SMILES string of the molecule is C[C@H](Nc1ccc(C(C)(C)C)cc1)C(=O)Nc1ccc(S(N)(=O)=O)cc1. The number of anilines is 2. The van der Waals surface area contributed by atoms with Crippen molar-refractivity contribution in [3.05, 3.63) is 54.1 Å². The standard InChI is InChI=1S/C19H25N3O3S/c1-13(21-15-7-5-14(6-8-15)19(2,3)4)18(23)22-16-9-11-17(12-10-16)26(20,24)25/h5-13,21H,1-4H3,(H,22,23)(H2,20,24,25)/t13-/m0/s1. The Morgan fingerprint density at radius 1 is 0.962 bits per heavy atom. The molecule has 0 saturated carbocycles. The maximum Gasteiger partial charge on any atom is 0.246 e. The van der Waals surface area contributed by atoms with Crippen molar-refractivity contribution in [1.29, 1.82) is 0 Å². The van der Waals surface area contributed by atoms with Crippen LogP contribution < -0.4 is 15.8 Å². The van der Waals surface area contributed by atoms with Gasteiger partial charge in [-0.25, -0.2) is 13.6 Å². The van der Waals surface area contributed by atoms with Gasteiger partial charge < -0.3 is 10.6 Å². The molecule has 2 aromatic carbocycles. The second kappa shape index (κ2) is 7.47. The largest absolute Gasteiger partial charge is 0.374 e. The molecule has 0 aromatic heterocycles. The minimum atomic E-state index is -3.74. The second-order valence-corrected chi connectivity index (χ2v) is 8.81. The molecule has 26 heavy (non-hydrogen) atoms. The Morgan fingerprint density at radius 2 is 1.46 bits per heavy atom. The fourth-order valence-electron chi connectivity index (χ4n) is 2.36. The summed E-state index contributed by atoms with van der Waals surface area (Å²) in [7, 11) is -3.74. The van der Waals surface area contributed by atoms with Crippen molar-refractivity contribution in [1.82, 2.24) is 0 Å². The van der Waals surface area contributed by atoms with Crippen LogP contribution in [0.1, 0.15) is 33.3 Å². The molecule has 1 atom stereocenters. The molecule has 2 aromatic rings. The number of amides is 1. The third kappa shape index (κ3) is 5.31. The zero-order chi connectivity index (χ0) is 19.5. The third-order valence-corrected chi connectivity index (χ3v) is 4.91. The number of carbonyl (C=O) groups is 1. The van der Waals surface area contributed by atoms with E-state index in [-0.39, 0.29) is 16.2 Å². The molecule has 7 heteroatoms. The van der Waals surface area contributed by atoms with Crippen LogP contribution in [0, 0.1) is 0 Å². The van der Waals surface area contributed by atoms with Crippen LogP contribution in [0.2, 0.25) is 0 Å². The van der Waals surface area contributed by atoms with Crippen LogP contribution >= 0.6 is 0 Å². The zero-order valence-electron chi connectivity index (χ0n) is 15.4. The van der Waals surface area contributed by atoms with E-state index in [0.717, 1.165) is 5.69 Å². The maximum absolute atomic E-state index is 12.3.